The molecule has 0 saturated heterocycles. The molecule has 0 aromatic heterocycles. The molecule has 0 aliphatic rings. The maximum absolute atomic E-state index is 14.8. The lowest BCUT2D eigenvalue weighted by Gasteiger charge is -2.24. The number of aromatic hydroxyl groups is 1. The fraction of sp³-hybridized carbons (Fsp3) is 0.0870. The Kier molecular flexibility index (Phi) is 6.72. The van der Waals surface area contributed by atoms with Gasteiger partial charge in [-0.1, -0.05) is 54.1 Å². The van der Waals surface area contributed by atoms with E-state index >= 15 is 0 Å². The van der Waals surface area contributed by atoms with Gasteiger partial charge in [0.1, 0.15) is 4.90 Å². The lowest BCUT2D eigenvalue weighted by molar-refractivity contribution is 0.0600. The van der Waals surface area contributed by atoms with Crippen LogP contribution in [-0.2, 0) is 14.8 Å². The minimum absolute atomic E-state index is 0.203. The number of carbonyl (C=O) groups excluding carboxylic acids is 1. The molecule has 3 aromatic rings. The van der Waals surface area contributed by atoms with Gasteiger partial charge in [-0.15, -0.1) is 6.58 Å². The van der Waals surface area contributed by atoms with Crippen molar-refractivity contribution < 1.29 is 27.4 Å². The number of esters is 1. The summed E-state index contributed by atoms with van der Waals surface area (Å²) in [5.74, 6) is -2.63. The molecule has 0 radical (unpaired) electrons. The van der Waals surface area contributed by atoms with Gasteiger partial charge in [-0.25, -0.2) is 13.2 Å². The summed E-state index contributed by atoms with van der Waals surface area (Å²) in [5, 5.41) is 9.97. The van der Waals surface area contributed by atoms with Crippen LogP contribution in [0.25, 0.3) is 11.1 Å². The monoisotopic (exact) mass is 473 g/mol. The Labute approximate surface area is 190 Å². The van der Waals surface area contributed by atoms with Gasteiger partial charge >= 0.3 is 5.97 Å². The topological polar surface area (TPSA) is 83.9 Å². The second-order valence-corrected chi connectivity index (χ2v) is 8.73. The molecule has 1 N–H and O–H groups in total. The predicted molar refractivity (Wildman–Crippen MR) is 119 cm³/mol. The number of ether oxygens (including phenoxy) is 1. The summed E-state index contributed by atoms with van der Waals surface area (Å²) in [4.78, 5) is 11.2. The van der Waals surface area contributed by atoms with Crippen LogP contribution in [0.4, 0.5) is 10.1 Å². The van der Waals surface area contributed by atoms with Crippen molar-refractivity contribution >= 4 is 33.3 Å². The highest BCUT2D eigenvalue weighted by atomic mass is 35.5. The molecular formula is C23H17ClFNO5S. The molecule has 0 heterocycles. The lowest BCUT2D eigenvalue weighted by Crippen LogP contribution is -2.32. The molecule has 0 atom stereocenters. The molecular weight excluding hydrogens is 457 g/mol. The summed E-state index contributed by atoms with van der Waals surface area (Å²) in [5.41, 5.74) is 0.517. The summed E-state index contributed by atoms with van der Waals surface area (Å²) >= 11 is 5.94. The third-order valence-electron chi connectivity index (χ3n) is 4.48. The first-order chi connectivity index (χ1) is 15.2. The van der Waals surface area contributed by atoms with Crippen molar-refractivity contribution in [1.82, 2.24) is 0 Å². The number of halogens is 2. The van der Waals surface area contributed by atoms with E-state index in [1.54, 1.807) is 30.3 Å². The van der Waals surface area contributed by atoms with Crippen LogP contribution in [-0.4, -0.2) is 33.1 Å². The van der Waals surface area contributed by atoms with E-state index in [1.165, 1.54) is 12.1 Å². The zero-order valence-electron chi connectivity index (χ0n) is 16.8. The Bertz CT molecular complexity index is 1280. The van der Waals surface area contributed by atoms with E-state index in [0.29, 0.717) is 15.4 Å². The predicted octanol–water partition coefficient (Wildman–Crippen LogP) is 4.62. The number of nitrogens with zero attached hydrogens (tertiary/aromatic N) is 1. The fourth-order valence-corrected chi connectivity index (χ4v) is 4.78. The van der Waals surface area contributed by atoms with Gasteiger partial charge in [-0.3, -0.25) is 4.31 Å². The normalized spacial score (nSPS) is 10.8. The quantitative estimate of drug-likeness (QED) is 0.400. The van der Waals surface area contributed by atoms with E-state index < -0.39 is 32.5 Å². The van der Waals surface area contributed by atoms with E-state index in [1.807, 2.05) is 0 Å². The zero-order valence-corrected chi connectivity index (χ0v) is 18.4. The Morgan fingerprint density at radius 3 is 2.56 bits per heavy atom. The van der Waals surface area contributed by atoms with Crippen molar-refractivity contribution in [3.8, 4) is 16.9 Å². The first-order valence-corrected chi connectivity index (χ1v) is 11.0. The van der Waals surface area contributed by atoms with Gasteiger partial charge in [0.25, 0.3) is 10.0 Å². The highest BCUT2D eigenvalue weighted by Gasteiger charge is 2.31. The average Bonchev–Trinajstić information content (AvgIpc) is 2.79. The first-order valence-electron chi connectivity index (χ1n) is 9.14. The summed E-state index contributed by atoms with van der Waals surface area (Å²) in [6.45, 7) is 3.19. The minimum atomic E-state index is -4.61. The van der Waals surface area contributed by atoms with Gasteiger partial charge in [0.05, 0.1) is 29.9 Å². The lowest BCUT2D eigenvalue weighted by atomic mass is 10.1. The molecule has 0 saturated carbocycles. The molecule has 0 aliphatic carbocycles. The second-order valence-electron chi connectivity index (χ2n) is 6.49. The van der Waals surface area contributed by atoms with Crippen LogP contribution in [0.5, 0.6) is 5.75 Å². The molecule has 0 fully saturated rings. The van der Waals surface area contributed by atoms with E-state index in [9.17, 15) is 22.7 Å². The first kappa shape index (κ1) is 23.1. The molecule has 0 aliphatic heterocycles. The Hall–Kier alpha value is -3.54. The third kappa shape index (κ3) is 4.40. The van der Waals surface area contributed by atoms with E-state index in [2.05, 4.69) is 23.4 Å². The molecule has 0 bridgehead atoms. The van der Waals surface area contributed by atoms with E-state index in [0.717, 1.165) is 19.2 Å². The molecule has 6 nitrogen and oxygen atoms in total. The number of carbonyl (C=O) groups is 1. The number of sulfonamides is 1. The van der Waals surface area contributed by atoms with Crippen LogP contribution in [0.2, 0.25) is 5.02 Å². The second kappa shape index (κ2) is 9.30. The van der Waals surface area contributed by atoms with Gasteiger partial charge in [0.15, 0.2) is 11.6 Å². The zero-order chi connectivity index (χ0) is 23.5. The van der Waals surface area contributed by atoms with Crippen LogP contribution < -0.4 is 4.31 Å². The largest absolute Gasteiger partial charge is 0.505 e. The van der Waals surface area contributed by atoms with Crippen molar-refractivity contribution in [1.29, 1.82) is 0 Å². The standard InChI is InChI=1S/C23H17ClFNO5S/c1-3-11-26(20-13-16(9-10-19(20)25)15-7-5-4-6-8-15)32(29,30)21-14-17(23(28)31-2)12-18(24)22(21)27/h3-8,12-14,27H,1,11H2,2H3. The van der Waals surface area contributed by atoms with Gasteiger partial charge < -0.3 is 9.84 Å². The molecule has 3 rings (SSSR count). The average molecular weight is 474 g/mol. The molecule has 164 valence electrons. The minimum Gasteiger partial charge on any atom is -0.505 e. The van der Waals surface area contributed by atoms with Crippen molar-refractivity contribution in [3.05, 3.63) is 89.7 Å². The number of hydrogen-bond acceptors (Lipinski definition) is 5. The van der Waals surface area contributed by atoms with Gasteiger partial charge in [0.2, 0.25) is 0 Å². The molecule has 9 heteroatoms. The number of anilines is 1. The summed E-state index contributed by atoms with van der Waals surface area (Å²) < 4.78 is 47.0. The molecule has 0 spiro atoms. The molecule has 0 amide bonds. The Morgan fingerprint density at radius 2 is 1.94 bits per heavy atom. The third-order valence-corrected chi connectivity index (χ3v) is 6.56. The molecule has 32 heavy (non-hydrogen) atoms. The van der Waals surface area contributed by atoms with E-state index in [-0.39, 0.29) is 22.8 Å². The van der Waals surface area contributed by atoms with E-state index in [4.69, 9.17) is 11.6 Å². The van der Waals surface area contributed by atoms with Crippen LogP contribution in [0, 0.1) is 17.9 Å². The SMILES string of the molecule is C=CCN(c1cc(-c2ccccc2)c#cc1F)S(=O)(=O)c1cc(C(=O)OC)cc(Cl)c1O. The van der Waals surface area contributed by atoms with Crippen molar-refractivity contribution in [2.45, 2.75) is 4.90 Å². The number of methoxy groups -OCH3 is 1. The van der Waals surface area contributed by atoms with Crippen LogP contribution in [0.3, 0.4) is 0 Å². The van der Waals surface area contributed by atoms with Crippen LogP contribution >= 0.6 is 11.6 Å². The van der Waals surface area contributed by atoms with Gasteiger partial charge in [-0.05, 0) is 29.8 Å². The maximum atomic E-state index is 14.8. The number of hydrogen-bond donors (Lipinski definition) is 1. The highest BCUT2D eigenvalue weighted by molar-refractivity contribution is 7.93. The van der Waals surface area contributed by atoms with Crippen LogP contribution in [0.15, 0.2) is 66.1 Å². The summed E-state index contributed by atoms with van der Waals surface area (Å²) in [6, 6.07) is 17.1. The van der Waals surface area contributed by atoms with Gasteiger partial charge in [0, 0.05) is 5.56 Å². The highest BCUT2D eigenvalue weighted by Crippen LogP contribution is 2.37. The number of benzene rings is 2. The number of phenols is 1. The van der Waals surface area contributed by atoms with Crippen molar-refractivity contribution in [2.75, 3.05) is 18.0 Å². The smallest absolute Gasteiger partial charge is 0.337 e. The van der Waals surface area contributed by atoms with Crippen molar-refractivity contribution in [3.63, 3.8) is 0 Å². The molecule has 3 aromatic carbocycles. The summed E-state index contributed by atoms with van der Waals surface area (Å²) in [6.07, 6.45) is 1.25. The van der Waals surface area contributed by atoms with Gasteiger partial charge in [-0.2, -0.15) is 4.39 Å². The van der Waals surface area contributed by atoms with Crippen LogP contribution in [0.1, 0.15) is 10.4 Å². The Balaban J connectivity index is 2.21. The summed E-state index contributed by atoms with van der Waals surface area (Å²) in [7, 11) is -3.50. The number of rotatable bonds is 7. The maximum Gasteiger partial charge on any atom is 0.337 e. The molecule has 0 unspecified atom stereocenters. The number of phenolic OH excluding ortho intramolecular Hbond substituents is 1. The Morgan fingerprint density at radius 1 is 1.25 bits per heavy atom. The fourth-order valence-electron chi connectivity index (χ4n) is 2.95. The van der Waals surface area contributed by atoms with Crippen molar-refractivity contribution in [2.24, 2.45) is 0 Å².